The summed E-state index contributed by atoms with van der Waals surface area (Å²) in [6, 6.07) is 17.2. The number of nitrogens with one attached hydrogen (secondary N) is 2. The van der Waals surface area contributed by atoms with E-state index in [0.29, 0.717) is 47.4 Å². The van der Waals surface area contributed by atoms with E-state index in [1.807, 2.05) is 6.92 Å². The first-order valence-electron chi connectivity index (χ1n) is 10.4. The number of amides is 2. The number of benzene rings is 2. The highest BCUT2D eigenvalue weighted by Crippen LogP contribution is 2.18. The second-order valence-corrected chi connectivity index (χ2v) is 7.03. The Morgan fingerprint density at radius 1 is 0.970 bits per heavy atom. The molecule has 0 unspecified atom stereocenters. The van der Waals surface area contributed by atoms with E-state index in [4.69, 9.17) is 13.7 Å². The van der Waals surface area contributed by atoms with Crippen LogP contribution in [-0.4, -0.2) is 28.6 Å². The van der Waals surface area contributed by atoms with Gasteiger partial charge in [-0.25, -0.2) is 0 Å². The zero-order valence-electron chi connectivity index (χ0n) is 17.9. The average Bonchev–Trinajstić information content (AvgIpc) is 3.52. The average molecular weight is 446 g/mol. The SMILES string of the molecule is CCOc1ccc(NC(=O)c2ccc(NC(=O)CCc3nc(-c4ccco4)no3)cc2)cc1. The number of furan rings is 1. The fraction of sp³-hybridized carbons (Fsp3) is 0.167. The van der Waals surface area contributed by atoms with E-state index in [2.05, 4.69) is 20.8 Å². The number of aryl methyl sites for hydroxylation is 1. The summed E-state index contributed by atoms with van der Waals surface area (Å²) in [6.45, 7) is 2.49. The lowest BCUT2D eigenvalue weighted by Crippen LogP contribution is -2.14. The molecule has 2 aromatic heterocycles. The van der Waals surface area contributed by atoms with E-state index < -0.39 is 0 Å². The van der Waals surface area contributed by atoms with Crippen molar-refractivity contribution < 1.29 is 23.3 Å². The third kappa shape index (κ3) is 5.85. The minimum absolute atomic E-state index is 0.166. The van der Waals surface area contributed by atoms with E-state index in [-0.39, 0.29) is 18.2 Å². The normalized spacial score (nSPS) is 10.6. The number of hydrogen-bond acceptors (Lipinski definition) is 7. The molecule has 0 atom stereocenters. The monoisotopic (exact) mass is 446 g/mol. The number of nitrogens with zero attached hydrogens (tertiary/aromatic N) is 2. The summed E-state index contributed by atoms with van der Waals surface area (Å²) in [6.07, 6.45) is 1.98. The van der Waals surface area contributed by atoms with Crippen LogP contribution in [0, 0.1) is 0 Å². The molecule has 33 heavy (non-hydrogen) atoms. The quantitative estimate of drug-likeness (QED) is 0.387. The van der Waals surface area contributed by atoms with Gasteiger partial charge in [0.1, 0.15) is 5.75 Å². The maximum absolute atomic E-state index is 12.4. The largest absolute Gasteiger partial charge is 0.494 e. The van der Waals surface area contributed by atoms with Crippen molar-refractivity contribution in [1.82, 2.24) is 10.1 Å². The van der Waals surface area contributed by atoms with Gasteiger partial charge in [-0.05, 0) is 67.6 Å². The number of rotatable bonds is 9. The predicted octanol–water partition coefficient (Wildman–Crippen LogP) is 4.55. The summed E-state index contributed by atoms with van der Waals surface area (Å²) in [4.78, 5) is 28.9. The van der Waals surface area contributed by atoms with Crippen molar-refractivity contribution in [2.75, 3.05) is 17.2 Å². The highest BCUT2D eigenvalue weighted by molar-refractivity contribution is 6.04. The Morgan fingerprint density at radius 3 is 2.39 bits per heavy atom. The van der Waals surface area contributed by atoms with Crippen molar-refractivity contribution in [3.05, 3.63) is 78.4 Å². The first-order chi connectivity index (χ1) is 16.1. The minimum atomic E-state index is -0.249. The van der Waals surface area contributed by atoms with Gasteiger partial charge >= 0.3 is 0 Å². The molecular weight excluding hydrogens is 424 g/mol. The summed E-state index contributed by atoms with van der Waals surface area (Å²) in [5.41, 5.74) is 1.72. The van der Waals surface area contributed by atoms with Crippen molar-refractivity contribution in [3.63, 3.8) is 0 Å². The number of carbonyl (C=O) groups excluding carboxylic acids is 2. The maximum Gasteiger partial charge on any atom is 0.255 e. The van der Waals surface area contributed by atoms with Gasteiger partial charge < -0.3 is 24.3 Å². The topological polar surface area (TPSA) is 119 Å². The van der Waals surface area contributed by atoms with E-state index in [0.717, 1.165) is 5.75 Å². The van der Waals surface area contributed by atoms with Crippen molar-refractivity contribution in [2.24, 2.45) is 0 Å². The van der Waals surface area contributed by atoms with Crippen LogP contribution in [0.1, 0.15) is 29.6 Å². The van der Waals surface area contributed by atoms with Crippen LogP contribution in [0.3, 0.4) is 0 Å². The van der Waals surface area contributed by atoms with Gasteiger partial charge in [0.15, 0.2) is 5.76 Å². The number of ether oxygens (including phenoxy) is 1. The molecule has 2 aromatic carbocycles. The smallest absolute Gasteiger partial charge is 0.255 e. The Morgan fingerprint density at radius 2 is 1.70 bits per heavy atom. The Hall–Kier alpha value is -4.40. The van der Waals surface area contributed by atoms with Gasteiger partial charge in [0.25, 0.3) is 5.91 Å². The predicted molar refractivity (Wildman–Crippen MR) is 121 cm³/mol. The third-order valence-electron chi connectivity index (χ3n) is 4.63. The van der Waals surface area contributed by atoms with Crippen LogP contribution in [-0.2, 0) is 11.2 Å². The van der Waals surface area contributed by atoms with Gasteiger partial charge in [0.05, 0.1) is 12.9 Å². The summed E-state index contributed by atoms with van der Waals surface area (Å²) in [7, 11) is 0. The Kier molecular flexibility index (Phi) is 6.79. The highest BCUT2D eigenvalue weighted by atomic mass is 16.5. The molecular formula is C24H22N4O5. The zero-order valence-corrected chi connectivity index (χ0v) is 17.9. The molecule has 4 rings (SSSR count). The van der Waals surface area contributed by atoms with Gasteiger partial charge in [-0.15, -0.1) is 0 Å². The lowest BCUT2D eigenvalue weighted by atomic mass is 10.2. The van der Waals surface area contributed by atoms with Crippen LogP contribution in [0.15, 0.2) is 75.9 Å². The molecule has 0 aliphatic heterocycles. The molecule has 9 heteroatoms. The lowest BCUT2D eigenvalue weighted by Gasteiger charge is -2.08. The molecule has 2 N–H and O–H groups in total. The molecule has 2 heterocycles. The second-order valence-electron chi connectivity index (χ2n) is 7.03. The number of anilines is 2. The minimum Gasteiger partial charge on any atom is -0.494 e. The summed E-state index contributed by atoms with van der Waals surface area (Å²) in [5, 5.41) is 9.45. The maximum atomic E-state index is 12.4. The van der Waals surface area contributed by atoms with E-state index in [1.54, 1.807) is 60.7 Å². The van der Waals surface area contributed by atoms with Gasteiger partial charge in [-0.1, -0.05) is 5.16 Å². The molecule has 2 amide bonds. The van der Waals surface area contributed by atoms with Crippen LogP contribution < -0.4 is 15.4 Å². The van der Waals surface area contributed by atoms with E-state index >= 15 is 0 Å². The molecule has 0 saturated carbocycles. The number of carbonyl (C=O) groups is 2. The van der Waals surface area contributed by atoms with Crippen LogP contribution in [0.2, 0.25) is 0 Å². The van der Waals surface area contributed by atoms with E-state index in [9.17, 15) is 9.59 Å². The van der Waals surface area contributed by atoms with Crippen molar-refractivity contribution >= 4 is 23.2 Å². The molecule has 4 aromatic rings. The summed E-state index contributed by atoms with van der Waals surface area (Å²) in [5.74, 6) is 1.47. The third-order valence-corrected chi connectivity index (χ3v) is 4.63. The first-order valence-corrected chi connectivity index (χ1v) is 10.4. The molecule has 9 nitrogen and oxygen atoms in total. The van der Waals surface area contributed by atoms with Crippen molar-refractivity contribution in [1.29, 1.82) is 0 Å². The van der Waals surface area contributed by atoms with Gasteiger partial charge in [-0.3, -0.25) is 9.59 Å². The van der Waals surface area contributed by atoms with Gasteiger partial charge in [0.2, 0.25) is 17.6 Å². The molecule has 0 spiro atoms. The second kappa shape index (κ2) is 10.3. The number of aromatic nitrogens is 2. The first kappa shape index (κ1) is 21.8. The Labute approximate surface area is 189 Å². The van der Waals surface area contributed by atoms with Crippen LogP contribution in [0.4, 0.5) is 11.4 Å². The molecule has 0 radical (unpaired) electrons. The fourth-order valence-corrected chi connectivity index (χ4v) is 3.02. The number of hydrogen-bond donors (Lipinski definition) is 2. The van der Waals surface area contributed by atoms with Crippen LogP contribution in [0.5, 0.6) is 5.75 Å². The standard InChI is InChI=1S/C24H22N4O5/c1-2-31-19-11-9-18(10-12-19)26-24(30)16-5-7-17(8-6-16)25-21(29)13-14-22-27-23(28-33-22)20-4-3-15-32-20/h3-12,15H,2,13-14H2,1H3,(H,25,29)(H,26,30). The molecule has 0 aliphatic carbocycles. The lowest BCUT2D eigenvalue weighted by molar-refractivity contribution is -0.116. The fourth-order valence-electron chi connectivity index (χ4n) is 3.02. The van der Waals surface area contributed by atoms with Crippen molar-refractivity contribution in [3.8, 4) is 17.3 Å². The highest BCUT2D eigenvalue weighted by Gasteiger charge is 2.13. The molecule has 0 bridgehead atoms. The van der Waals surface area contributed by atoms with Crippen LogP contribution >= 0.6 is 0 Å². The Bertz CT molecular complexity index is 1200. The van der Waals surface area contributed by atoms with Gasteiger partial charge in [-0.2, -0.15) is 4.98 Å². The molecule has 168 valence electrons. The van der Waals surface area contributed by atoms with E-state index in [1.165, 1.54) is 6.26 Å². The zero-order chi connectivity index (χ0) is 23.0. The molecule has 0 aliphatic rings. The molecule has 0 saturated heterocycles. The van der Waals surface area contributed by atoms with Crippen LogP contribution in [0.25, 0.3) is 11.6 Å². The van der Waals surface area contributed by atoms with Gasteiger partial charge in [0, 0.05) is 29.8 Å². The molecule has 0 fully saturated rings. The summed E-state index contributed by atoms with van der Waals surface area (Å²) >= 11 is 0. The summed E-state index contributed by atoms with van der Waals surface area (Å²) < 4.78 is 15.8. The van der Waals surface area contributed by atoms with Crippen molar-refractivity contribution in [2.45, 2.75) is 19.8 Å². The Balaban J connectivity index is 1.26.